The predicted octanol–water partition coefficient (Wildman–Crippen LogP) is 2.11. The second-order valence-corrected chi connectivity index (χ2v) is 8.21. The zero-order chi connectivity index (χ0) is 19.8. The quantitative estimate of drug-likeness (QED) is 0.664. The van der Waals surface area contributed by atoms with E-state index in [0.717, 1.165) is 32.3 Å². The van der Waals surface area contributed by atoms with Crippen molar-refractivity contribution in [2.45, 2.75) is 31.7 Å². The van der Waals surface area contributed by atoms with E-state index in [1.807, 2.05) is 5.38 Å². The number of fused-ring (bicyclic) bond motifs is 1. The van der Waals surface area contributed by atoms with E-state index in [-0.39, 0.29) is 23.8 Å². The number of nitrogens with zero attached hydrogens (tertiary/aromatic N) is 4. The molecule has 0 spiro atoms. The van der Waals surface area contributed by atoms with E-state index in [2.05, 4.69) is 25.6 Å². The molecule has 2 amide bonds. The van der Waals surface area contributed by atoms with Crippen LogP contribution in [0.1, 0.15) is 35.5 Å². The summed E-state index contributed by atoms with van der Waals surface area (Å²) in [6.45, 7) is 1.30. The van der Waals surface area contributed by atoms with E-state index < -0.39 is 0 Å². The molecule has 1 saturated heterocycles. The number of hydrogen-bond acceptors (Lipinski definition) is 7. The third-order valence-corrected chi connectivity index (χ3v) is 5.84. The molecule has 0 aromatic carbocycles. The van der Waals surface area contributed by atoms with Crippen LogP contribution in [-0.4, -0.2) is 50.4 Å². The van der Waals surface area contributed by atoms with Gasteiger partial charge in [0.1, 0.15) is 11.4 Å². The molecule has 9 nitrogen and oxygen atoms in total. The maximum absolute atomic E-state index is 12.4. The van der Waals surface area contributed by atoms with Gasteiger partial charge in [-0.2, -0.15) is 0 Å². The van der Waals surface area contributed by atoms with Crippen LogP contribution in [0.15, 0.2) is 24.0 Å². The van der Waals surface area contributed by atoms with Crippen LogP contribution >= 0.6 is 11.3 Å². The lowest BCUT2D eigenvalue weighted by molar-refractivity contribution is -0.117. The van der Waals surface area contributed by atoms with Gasteiger partial charge in [-0.05, 0) is 25.7 Å². The topological polar surface area (TPSA) is 111 Å². The van der Waals surface area contributed by atoms with Gasteiger partial charge in [-0.3, -0.25) is 9.59 Å². The highest BCUT2D eigenvalue weighted by molar-refractivity contribution is 7.12. The number of imidazole rings is 1. The van der Waals surface area contributed by atoms with Crippen molar-refractivity contribution in [1.29, 1.82) is 0 Å². The summed E-state index contributed by atoms with van der Waals surface area (Å²) in [5.41, 5.74) is 1.89. The summed E-state index contributed by atoms with van der Waals surface area (Å²) in [5.74, 6) is 0.452. The van der Waals surface area contributed by atoms with Gasteiger partial charge in [-0.1, -0.05) is 0 Å². The zero-order valence-electron chi connectivity index (χ0n) is 15.6. The predicted molar refractivity (Wildman–Crippen MR) is 107 cm³/mol. The Morgan fingerprint density at radius 1 is 1.17 bits per heavy atom. The first-order valence-corrected chi connectivity index (χ1v) is 10.5. The smallest absolute Gasteiger partial charge is 0.280 e. The fourth-order valence-corrected chi connectivity index (χ4v) is 3.98. The van der Waals surface area contributed by atoms with E-state index in [4.69, 9.17) is 4.74 Å². The highest BCUT2D eigenvalue weighted by Gasteiger charge is 2.30. The molecular weight excluding hydrogens is 392 g/mol. The lowest BCUT2D eigenvalue weighted by atomic mass is 10.1. The van der Waals surface area contributed by atoms with Crippen LogP contribution in [0, 0.1) is 5.92 Å². The normalized spacial score (nSPS) is 19.2. The molecule has 3 aromatic rings. The van der Waals surface area contributed by atoms with Crippen molar-refractivity contribution in [1.82, 2.24) is 24.7 Å². The van der Waals surface area contributed by atoms with Crippen LogP contribution in [0.4, 0.5) is 5.82 Å². The fraction of sp³-hybridized carbons (Fsp3) is 0.421. The average Bonchev–Trinajstić information content (AvgIpc) is 3.32. The van der Waals surface area contributed by atoms with Crippen molar-refractivity contribution in [2.75, 3.05) is 18.5 Å². The first kappa shape index (κ1) is 18.2. The summed E-state index contributed by atoms with van der Waals surface area (Å²) >= 11 is 1.28. The van der Waals surface area contributed by atoms with Gasteiger partial charge in [0.05, 0.1) is 25.0 Å². The summed E-state index contributed by atoms with van der Waals surface area (Å²) < 4.78 is 7.20. The lowest BCUT2D eigenvalue weighted by Gasteiger charge is -2.22. The van der Waals surface area contributed by atoms with Crippen LogP contribution in [0.25, 0.3) is 17.0 Å². The van der Waals surface area contributed by atoms with Crippen LogP contribution in [0.3, 0.4) is 0 Å². The van der Waals surface area contributed by atoms with E-state index in [1.54, 1.807) is 23.0 Å². The lowest BCUT2D eigenvalue weighted by Crippen LogP contribution is -2.40. The van der Waals surface area contributed by atoms with Gasteiger partial charge in [0.15, 0.2) is 16.5 Å². The van der Waals surface area contributed by atoms with E-state index in [1.165, 1.54) is 11.3 Å². The monoisotopic (exact) mass is 412 g/mol. The van der Waals surface area contributed by atoms with Gasteiger partial charge in [-0.15, -0.1) is 11.3 Å². The SMILES string of the molecule is O=C(N[C@H]1CCCOC1)c1nc(-c2cn3cc(NC(=O)C4CC4)nc3cn2)cs1. The molecule has 10 heteroatoms. The first-order chi connectivity index (χ1) is 14.2. The number of aromatic nitrogens is 4. The zero-order valence-corrected chi connectivity index (χ0v) is 16.4. The summed E-state index contributed by atoms with van der Waals surface area (Å²) in [4.78, 5) is 37.6. The highest BCUT2D eigenvalue weighted by Crippen LogP contribution is 2.30. The van der Waals surface area contributed by atoms with Crippen molar-refractivity contribution in [3.63, 3.8) is 0 Å². The van der Waals surface area contributed by atoms with Gasteiger partial charge in [-0.25, -0.2) is 15.0 Å². The van der Waals surface area contributed by atoms with Crippen LogP contribution in [-0.2, 0) is 9.53 Å². The number of carbonyl (C=O) groups excluding carboxylic acids is 2. The van der Waals surface area contributed by atoms with Crippen molar-refractivity contribution >= 4 is 34.6 Å². The van der Waals surface area contributed by atoms with Crippen molar-refractivity contribution < 1.29 is 14.3 Å². The Morgan fingerprint density at radius 2 is 2.07 bits per heavy atom. The Labute approximate surface area is 170 Å². The first-order valence-electron chi connectivity index (χ1n) is 9.66. The Kier molecular flexibility index (Phi) is 4.72. The molecule has 0 bridgehead atoms. The summed E-state index contributed by atoms with van der Waals surface area (Å²) in [6, 6.07) is 0.0355. The maximum atomic E-state index is 12.4. The second kappa shape index (κ2) is 7.53. The highest BCUT2D eigenvalue weighted by atomic mass is 32.1. The minimum absolute atomic E-state index is 0.0140. The molecule has 3 aromatic heterocycles. The summed E-state index contributed by atoms with van der Waals surface area (Å²) in [6.07, 6.45) is 8.93. The van der Waals surface area contributed by atoms with Crippen LogP contribution in [0.5, 0.6) is 0 Å². The largest absolute Gasteiger partial charge is 0.379 e. The average molecular weight is 412 g/mol. The second-order valence-electron chi connectivity index (χ2n) is 7.35. The molecule has 1 atom stereocenters. The van der Waals surface area contributed by atoms with Crippen molar-refractivity contribution in [2.24, 2.45) is 5.92 Å². The molecule has 4 heterocycles. The molecule has 2 N–H and O–H groups in total. The third-order valence-electron chi connectivity index (χ3n) is 5.00. The maximum Gasteiger partial charge on any atom is 0.280 e. The van der Waals surface area contributed by atoms with Crippen molar-refractivity contribution in [3.05, 3.63) is 29.0 Å². The minimum atomic E-state index is -0.189. The van der Waals surface area contributed by atoms with E-state index >= 15 is 0 Å². The van der Waals surface area contributed by atoms with Crippen LogP contribution < -0.4 is 10.6 Å². The molecular formula is C19H20N6O3S. The number of hydrogen-bond donors (Lipinski definition) is 2. The molecule has 29 heavy (non-hydrogen) atoms. The summed E-state index contributed by atoms with van der Waals surface area (Å²) in [5, 5.41) is 8.02. The molecule has 2 fully saturated rings. The van der Waals surface area contributed by atoms with Gasteiger partial charge in [0.2, 0.25) is 5.91 Å². The third kappa shape index (κ3) is 3.99. The van der Waals surface area contributed by atoms with Crippen LogP contribution in [0.2, 0.25) is 0 Å². The number of ether oxygens (including phenoxy) is 1. The number of rotatable bonds is 5. The number of amides is 2. The standard InChI is InChI=1S/C19H20N6O3S/c26-17(11-3-4-11)24-15-8-25-7-13(20-6-16(25)23-15)14-10-29-19(22-14)18(27)21-12-2-1-5-28-9-12/h6-8,10-12H,1-5,9H2,(H,21,27)(H,24,26)/t12-/m0/s1. The van der Waals surface area contributed by atoms with E-state index in [9.17, 15) is 9.59 Å². The van der Waals surface area contributed by atoms with Gasteiger partial charge in [0, 0.05) is 24.1 Å². The Hall–Kier alpha value is -2.85. The fourth-order valence-electron chi connectivity index (χ4n) is 3.26. The van der Waals surface area contributed by atoms with Crippen molar-refractivity contribution in [3.8, 4) is 11.4 Å². The van der Waals surface area contributed by atoms with Gasteiger partial charge < -0.3 is 19.8 Å². The molecule has 1 aliphatic carbocycles. The summed E-state index contributed by atoms with van der Waals surface area (Å²) in [7, 11) is 0. The van der Waals surface area contributed by atoms with E-state index in [0.29, 0.717) is 34.5 Å². The Bertz CT molecular complexity index is 1070. The molecule has 5 rings (SSSR count). The molecule has 150 valence electrons. The Morgan fingerprint density at radius 3 is 2.86 bits per heavy atom. The number of anilines is 1. The minimum Gasteiger partial charge on any atom is -0.379 e. The number of thiazole rings is 1. The molecule has 1 saturated carbocycles. The Balaban J connectivity index is 1.31. The molecule has 2 aliphatic rings. The molecule has 0 unspecified atom stereocenters. The number of carbonyl (C=O) groups is 2. The number of nitrogens with one attached hydrogen (secondary N) is 2. The van der Waals surface area contributed by atoms with Gasteiger partial charge in [0.25, 0.3) is 5.91 Å². The van der Waals surface area contributed by atoms with Gasteiger partial charge >= 0.3 is 0 Å². The molecule has 1 aliphatic heterocycles. The molecule has 0 radical (unpaired) electrons.